The fourth-order valence-electron chi connectivity index (χ4n) is 8.18. The molecule has 3 saturated heterocycles. The smallest absolute Gasteiger partial charge is 0.309 e. The molecule has 0 aromatic carbocycles. The van der Waals surface area contributed by atoms with Crippen LogP contribution in [0.25, 0.3) is 0 Å². The van der Waals surface area contributed by atoms with Crippen molar-refractivity contribution in [2.24, 2.45) is 85.1 Å². The minimum Gasteiger partial charge on any atom is -0.513 e. The number of rotatable bonds is 13. The number of carbonyl (C=O) groups excluding carboxylic acids is 3. The maximum atomic E-state index is 11.2. The molecule has 0 aromatic rings. The van der Waals surface area contributed by atoms with Crippen LogP contribution in [0.4, 0.5) is 0 Å². The minimum atomic E-state index is -0.784. The third-order valence-electron chi connectivity index (χ3n) is 16.5. The number of aliphatic hydroxyl groups excluding tert-OH is 3. The van der Waals surface area contributed by atoms with E-state index in [1.165, 1.54) is 0 Å². The second-order valence-electron chi connectivity index (χ2n) is 23.9. The zero-order valence-corrected chi connectivity index (χ0v) is 48.8. The predicted molar refractivity (Wildman–Crippen MR) is 305 cm³/mol. The molecule has 0 unspecified atom stereocenters. The molecule has 0 radical (unpaired) electrons. The van der Waals surface area contributed by atoms with Crippen molar-refractivity contribution in [3.8, 4) is 0 Å². The molecule has 0 aromatic heterocycles. The number of piperidine rings is 1. The van der Waals surface area contributed by atoms with E-state index in [0.717, 1.165) is 116 Å². The first-order chi connectivity index (χ1) is 35.0. The van der Waals surface area contributed by atoms with E-state index in [0.29, 0.717) is 92.2 Å². The van der Waals surface area contributed by atoms with Crippen LogP contribution in [0, 0.1) is 50.7 Å². The zero-order valence-electron chi connectivity index (χ0n) is 48.8. The van der Waals surface area contributed by atoms with Gasteiger partial charge in [0.2, 0.25) is 0 Å². The van der Waals surface area contributed by atoms with Crippen LogP contribution in [-0.2, 0) is 28.7 Å². The second-order valence-corrected chi connectivity index (χ2v) is 23.9. The Bertz CT molecular complexity index is 1710. The highest BCUT2D eigenvalue weighted by Gasteiger charge is 2.38. The molecule has 76 heavy (non-hydrogen) atoms. The van der Waals surface area contributed by atoms with Gasteiger partial charge in [0.05, 0.1) is 28.6 Å². The normalized spacial score (nSPS) is 24.4. The van der Waals surface area contributed by atoms with E-state index < -0.39 is 17.4 Å². The number of ketones is 3. The van der Waals surface area contributed by atoms with Crippen molar-refractivity contribution < 1.29 is 54.2 Å². The van der Waals surface area contributed by atoms with E-state index in [4.69, 9.17) is 59.6 Å². The summed E-state index contributed by atoms with van der Waals surface area (Å²) in [6.07, 6.45) is 13.3. The number of carbonyl (C=O) groups is 5. The fraction of sp³-hybridized carbons (Fsp3) is 0.807. The van der Waals surface area contributed by atoms with Gasteiger partial charge in [0.25, 0.3) is 0 Å². The molecule has 3 heterocycles. The molecule has 3 aliphatic heterocycles. The standard InChI is InChI=1S/C8H15NO2.3C8H15NO.C7H13NO2.C6H13NO2.C6H11NO.C6H13NO/c1-7(10)8(6-9)2-4-11-5-3-8;1-6(10)8(2,3)7-4-9-5-7;1-7(10)8(2)3-5-9-6-4-8;1-6(10)7-2-4-8(9)5-3-7;8-6-3-1-5(2-4-6)7(9)10;1-6(2,3-4-7)5(8)9;1-4(8)5-2-6(7)3-5;1-5(8)6(2,3)4-7/h2-6,9H2,1H3;7,9H,4-5H2,1-3H3;9-10H,1,3-6H2,2H3;7-8,10H,1-5,9H2;5-6H,1-4,8H2,(H,9,10);3-4,7H2,1-2H3,(H,8,9);5-6,8H,1-3,7H2;4,7H2,1-3H3. The molecule has 6 rings (SSSR count). The van der Waals surface area contributed by atoms with E-state index in [1.807, 2.05) is 27.7 Å². The Morgan fingerprint density at radius 3 is 1.24 bits per heavy atom. The van der Waals surface area contributed by atoms with Gasteiger partial charge in [-0.05, 0) is 156 Å². The number of aliphatic carboxylic acids is 2. The topological polar surface area (TPSA) is 376 Å². The summed E-state index contributed by atoms with van der Waals surface area (Å²) in [5, 5.41) is 50.5. The molecule has 3 saturated carbocycles. The van der Waals surface area contributed by atoms with E-state index in [2.05, 4.69) is 37.3 Å². The van der Waals surface area contributed by atoms with Crippen LogP contribution < -0.4 is 45.0 Å². The number of allylic oxidation sites excluding steroid dienone is 3. The molecule has 0 spiro atoms. The summed E-state index contributed by atoms with van der Waals surface area (Å²) < 4.78 is 5.17. The summed E-state index contributed by atoms with van der Waals surface area (Å²) in [6, 6.07) is 0.912. The first-order valence-electron chi connectivity index (χ1n) is 27.5. The van der Waals surface area contributed by atoms with Gasteiger partial charge in [0.15, 0.2) is 0 Å². The number of carboxylic acid groups (broad SMARTS) is 2. The van der Waals surface area contributed by atoms with Crippen molar-refractivity contribution in [2.75, 3.05) is 59.0 Å². The highest BCUT2D eigenvalue weighted by molar-refractivity contribution is 5.83. The molecule has 6 aliphatic rings. The molecule has 444 valence electrons. The highest BCUT2D eigenvalue weighted by Crippen LogP contribution is 2.34. The fourth-order valence-corrected chi connectivity index (χ4v) is 8.18. The second kappa shape index (κ2) is 36.4. The lowest BCUT2D eigenvalue weighted by atomic mass is 9.73. The Kier molecular flexibility index (Phi) is 35.6. The average molecular weight is 1080 g/mol. The maximum Gasteiger partial charge on any atom is 0.309 e. The predicted octanol–water partition coefficient (Wildman–Crippen LogP) is 6.57. The van der Waals surface area contributed by atoms with Crippen molar-refractivity contribution in [3.05, 3.63) is 37.0 Å². The van der Waals surface area contributed by atoms with Gasteiger partial charge >= 0.3 is 11.9 Å². The van der Waals surface area contributed by atoms with Gasteiger partial charge in [-0.1, -0.05) is 54.4 Å². The number of hydrogen-bond donors (Lipinski definition) is 13. The summed E-state index contributed by atoms with van der Waals surface area (Å²) in [5.41, 5.74) is 31.4. The monoisotopic (exact) mass is 1080 g/mol. The number of Topliss-reactive ketones (excluding diaryl/α,β-unsaturated/α-hetero) is 3. The van der Waals surface area contributed by atoms with E-state index in [1.54, 1.807) is 34.6 Å². The van der Waals surface area contributed by atoms with Crippen LogP contribution in [0.5, 0.6) is 0 Å². The molecular weight excluding hydrogens is 973 g/mol. The van der Waals surface area contributed by atoms with Gasteiger partial charge in [0.1, 0.15) is 17.3 Å². The first kappa shape index (κ1) is 74.3. The van der Waals surface area contributed by atoms with Crippen LogP contribution >= 0.6 is 0 Å². The van der Waals surface area contributed by atoms with Crippen LogP contribution in [0.15, 0.2) is 37.0 Å². The third-order valence-corrected chi connectivity index (χ3v) is 16.5. The summed E-state index contributed by atoms with van der Waals surface area (Å²) in [5.74, 6) is 1.25. The van der Waals surface area contributed by atoms with Crippen LogP contribution in [0.2, 0.25) is 0 Å². The molecule has 19 nitrogen and oxygen atoms in total. The maximum absolute atomic E-state index is 11.2. The number of ether oxygens (including phenoxy) is 1. The minimum absolute atomic E-state index is 0.0226. The van der Waals surface area contributed by atoms with Crippen molar-refractivity contribution in [1.82, 2.24) is 10.6 Å². The van der Waals surface area contributed by atoms with Crippen LogP contribution in [0.3, 0.4) is 0 Å². The molecule has 19 N–H and O–H groups in total. The van der Waals surface area contributed by atoms with Gasteiger partial charge in [-0.3, -0.25) is 24.0 Å². The molecular formula is C57H110N8O11. The lowest BCUT2D eigenvalue weighted by Crippen LogP contribution is -2.52. The first-order valence-corrected chi connectivity index (χ1v) is 27.5. The molecule has 0 amide bonds. The van der Waals surface area contributed by atoms with Gasteiger partial charge < -0.3 is 75.3 Å². The Hall–Kier alpha value is -3.79. The lowest BCUT2D eigenvalue weighted by Gasteiger charge is -2.39. The average Bonchev–Trinajstić information content (AvgIpc) is 3.31. The zero-order chi connectivity index (χ0) is 59.3. The number of aliphatic hydroxyl groups is 3. The largest absolute Gasteiger partial charge is 0.513 e. The summed E-state index contributed by atoms with van der Waals surface area (Å²) in [7, 11) is 0. The highest BCUT2D eigenvalue weighted by atomic mass is 16.5. The Morgan fingerprint density at radius 1 is 0.605 bits per heavy atom. The van der Waals surface area contributed by atoms with Crippen LogP contribution in [-0.4, -0.2) is 132 Å². The van der Waals surface area contributed by atoms with E-state index in [9.17, 15) is 29.1 Å². The Balaban J connectivity index is 0. The molecule has 6 fully saturated rings. The van der Waals surface area contributed by atoms with Gasteiger partial charge in [-0.2, -0.15) is 0 Å². The van der Waals surface area contributed by atoms with Gasteiger partial charge in [-0.15, -0.1) is 0 Å². The van der Waals surface area contributed by atoms with E-state index >= 15 is 0 Å². The number of hydrogen-bond acceptors (Lipinski definition) is 17. The Morgan fingerprint density at radius 2 is 1.04 bits per heavy atom. The number of nitrogens with two attached hydrogens (primary N) is 6. The van der Waals surface area contributed by atoms with Crippen molar-refractivity contribution in [1.29, 1.82) is 0 Å². The quantitative estimate of drug-likeness (QED) is 0.0867. The molecule has 19 heteroatoms. The third kappa shape index (κ3) is 28.7. The summed E-state index contributed by atoms with van der Waals surface area (Å²) in [4.78, 5) is 53.7. The van der Waals surface area contributed by atoms with Gasteiger partial charge in [-0.25, -0.2) is 0 Å². The van der Waals surface area contributed by atoms with Crippen molar-refractivity contribution in [2.45, 2.75) is 184 Å². The lowest BCUT2D eigenvalue weighted by molar-refractivity contribution is -0.147. The van der Waals surface area contributed by atoms with Gasteiger partial charge in [0, 0.05) is 91.0 Å². The molecule has 3 aliphatic carbocycles. The summed E-state index contributed by atoms with van der Waals surface area (Å²) >= 11 is 0. The van der Waals surface area contributed by atoms with Crippen molar-refractivity contribution >= 4 is 29.3 Å². The van der Waals surface area contributed by atoms with E-state index in [-0.39, 0.29) is 45.2 Å². The molecule has 0 atom stereocenters. The number of carboxylic acids is 2. The van der Waals surface area contributed by atoms with Crippen LogP contribution in [0.1, 0.15) is 166 Å². The van der Waals surface area contributed by atoms with Crippen molar-refractivity contribution in [3.63, 3.8) is 0 Å². The summed E-state index contributed by atoms with van der Waals surface area (Å²) in [6.45, 7) is 35.2. The Labute approximate surface area is 457 Å². The SMILES string of the molecule is C=C(O)C1(C)CCNCC1.C=C(O)C1CC(N)C1.C=C(O)C1CCC(N)CC1.CC(=O)C(C)(C)C1CNC1.CC(=O)C(C)(C)CN.CC(=O)C1(CN)CCOCC1.CC(C)(CCN)C(=O)O.NC1CCC(C(=O)O)CC1. The molecule has 0 bridgehead atoms. The number of nitrogens with one attached hydrogen (secondary N) is 2.